The standard InChI is InChI=1S/C22H34O3/c1-14-12-22-11-8-17-20(3,13-25-15(2)23)9-5-10-21(17,4)18(22)7-6-16(14)19(22)24/h16-19,24H,1,5-13H2,2-4H3/t16-,17-,18+,19?,20-,21-,22+/m1/s1. The first-order valence-corrected chi connectivity index (χ1v) is 10.2. The largest absolute Gasteiger partial charge is 0.465 e. The predicted octanol–water partition coefficient (Wildman–Crippen LogP) is 4.49. The number of hydrogen-bond acceptors (Lipinski definition) is 3. The lowest BCUT2D eigenvalue weighted by molar-refractivity contribution is -0.195. The van der Waals surface area contributed by atoms with Gasteiger partial charge < -0.3 is 9.84 Å². The van der Waals surface area contributed by atoms with Gasteiger partial charge in [0.25, 0.3) is 0 Å². The van der Waals surface area contributed by atoms with Gasteiger partial charge in [-0.05, 0) is 62.2 Å². The van der Waals surface area contributed by atoms with E-state index in [1.807, 2.05) is 0 Å². The van der Waals surface area contributed by atoms with Gasteiger partial charge in [0, 0.05) is 23.7 Å². The molecule has 4 saturated carbocycles. The average Bonchev–Trinajstić information content (AvgIpc) is 2.68. The predicted molar refractivity (Wildman–Crippen MR) is 97.8 cm³/mol. The minimum absolute atomic E-state index is 0.0743. The van der Waals surface area contributed by atoms with Crippen LogP contribution >= 0.6 is 0 Å². The summed E-state index contributed by atoms with van der Waals surface area (Å²) in [4.78, 5) is 11.4. The number of carbonyl (C=O) groups is 1. The molecule has 3 nitrogen and oxygen atoms in total. The summed E-state index contributed by atoms with van der Waals surface area (Å²) < 4.78 is 5.51. The van der Waals surface area contributed by atoms with Crippen molar-refractivity contribution in [1.29, 1.82) is 0 Å². The molecule has 140 valence electrons. The van der Waals surface area contributed by atoms with E-state index in [1.54, 1.807) is 0 Å². The molecule has 0 radical (unpaired) electrons. The van der Waals surface area contributed by atoms with Gasteiger partial charge in [0.05, 0.1) is 12.7 Å². The molecule has 1 N–H and O–H groups in total. The topological polar surface area (TPSA) is 46.5 Å². The highest BCUT2D eigenvalue weighted by Gasteiger charge is 2.67. The zero-order valence-electron chi connectivity index (χ0n) is 16.1. The maximum Gasteiger partial charge on any atom is 0.302 e. The second kappa shape index (κ2) is 5.58. The van der Waals surface area contributed by atoms with E-state index in [0.29, 0.717) is 24.4 Å². The third-order valence-electron chi connectivity index (χ3n) is 8.91. The summed E-state index contributed by atoms with van der Waals surface area (Å²) in [6, 6.07) is 0. The van der Waals surface area contributed by atoms with E-state index in [-0.39, 0.29) is 28.3 Å². The van der Waals surface area contributed by atoms with Crippen LogP contribution in [0.5, 0.6) is 0 Å². The Morgan fingerprint density at radius 3 is 2.68 bits per heavy atom. The summed E-state index contributed by atoms with van der Waals surface area (Å²) in [5.41, 5.74) is 1.71. The zero-order chi connectivity index (χ0) is 18.0. The van der Waals surface area contributed by atoms with E-state index >= 15 is 0 Å². The minimum atomic E-state index is -0.182. The van der Waals surface area contributed by atoms with Crippen molar-refractivity contribution in [2.24, 2.45) is 34.0 Å². The monoisotopic (exact) mass is 346 g/mol. The SMILES string of the molecule is C=C1C[C@@]23CC[C@@H]4[C@@](C)(COC(C)=O)CCC[C@@]4(C)[C@@H]2CC[C@H]1C3O. The molecule has 4 rings (SSSR count). The summed E-state index contributed by atoms with van der Waals surface area (Å²) in [7, 11) is 0. The molecule has 0 amide bonds. The molecule has 0 aromatic rings. The fraction of sp³-hybridized carbons (Fsp3) is 0.864. The van der Waals surface area contributed by atoms with Crippen molar-refractivity contribution < 1.29 is 14.6 Å². The van der Waals surface area contributed by atoms with Gasteiger partial charge in [0.2, 0.25) is 0 Å². The van der Waals surface area contributed by atoms with Crippen LogP contribution in [0.2, 0.25) is 0 Å². The molecule has 2 bridgehead atoms. The second-order valence-electron chi connectivity index (χ2n) is 10.1. The third-order valence-corrected chi connectivity index (χ3v) is 8.91. The van der Waals surface area contributed by atoms with Crippen LogP contribution in [0.1, 0.15) is 72.1 Å². The molecule has 0 aromatic heterocycles. The fourth-order valence-electron chi connectivity index (χ4n) is 7.97. The van der Waals surface area contributed by atoms with E-state index in [4.69, 9.17) is 4.74 Å². The molecule has 0 aromatic carbocycles. The Hall–Kier alpha value is -0.830. The maximum absolute atomic E-state index is 11.4. The summed E-state index contributed by atoms with van der Waals surface area (Å²) >= 11 is 0. The van der Waals surface area contributed by atoms with Gasteiger partial charge in [-0.3, -0.25) is 4.79 Å². The highest BCUT2D eigenvalue weighted by Crippen LogP contribution is 2.72. The number of hydrogen-bond donors (Lipinski definition) is 1. The van der Waals surface area contributed by atoms with Crippen LogP contribution in [0.3, 0.4) is 0 Å². The molecule has 3 heteroatoms. The highest BCUT2D eigenvalue weighted by atomic mass is 16.5. The Kier molecular flexibility index (Phi) is 3.92. The first-order chi connectivity index (χ1) is 11.7. The molecule has 0 saturated heterocycles. The van der Waals surface area contributed by atoms with E-state index in [0.717, 1.165) is 32.1 Å². The average molecular weight is 347 g/mol. The molecule has 0 aliphatic heterocycles. The molecular weight excluding hydrogens is 312 g/mol. The van der Waals surface area contributed by atoms with Gasteiger partial charge in [-0.15, -0.1) is 0 Å². The van der Waals surface area contributed by atoms with Crippen LogP contribution in [0, 0.1) is 34.0 Å². The van der Waals surface area contributed by atoms with Crippen LogP contribution in [0.15, 0.2) is 12.2 Å². The molecule has 0 heterocycles. The molecule has 7 atom stereocenters. The van der Waals surface area contributed by atoms with Crippen LogP contribution in [-0.4, -0.2) is 23.8 Å². The summed E-state index contributed by atoms with van der Waals surface area (Å²) in [6.07, 6.45) is 9.07. The van der Waals surface area contributed by atoms with Gasteiger partial charge in [0.1, 0.15) is 0 Å². The number of aliphatic hydroxyl groups excluding tert-OH is 1. The number of fused-ring (bicyclic) bond motifs is 3. The number of aliphatic hydroxyl groups is 1. The lowest BCUT2D eigenvalue weighted by Gasteiger charge is -2.65. The van der Waals surface area contributed by atoms with E-state index in [2.05, 4.69) is 20.4 Å². The van der Waals surface area contributed by atoms with Gasteiger partial charge in [-0.2, -0.15) is 0 Å². The number of ether oxygens (including phenoxy) is 1. The van der Waals surface area contributed by atoms with Crippen molar-refractivity contribution in [3.63, 3.8) is 0 Å². The highest BCUT2D eigenvalue weighted by molar-refractivity contribution is 5.65. The van der Waals surface area contributed by atoms with E-state index in [9.17, 15) is 9.90 Å². The second-order valence-corrected chi connectivity index (χ2v) is 10.1. The van der Waals surface area contributed by atoms with Crippen molar-refractivity contribution in [2.45, 2.75) is 78.2 Å². The molecule has 4 aliphatic carbocycles. The number of esters is 1. The lowest BCUT2D eigenvalue weighted by Crippen LogP contribution is -2.60. The first-order valence-electron chi connectivity index (χ1n) is 10.2. The van der Waals surface area contributed by atoms with Crippen LogP contribution < -0.4 is 0 Å². The lowest BCUT2D eigenvalue weighted by atomic mass is 9.40. The van der Waals surface area contributed by atoms with Gasteiger partial charge >= 0.3 is 5.97 Å². The number of carbonyl (C=O) groups excluding carboxylic acids is 1. The van der Waals surface area contributed by atoms with E-state index < -0.39 is 0 Å². The van der Waals surface area contributed by atoms with E-state index in [1.165, 1.54) is 31.8 Å². The molecule has 1 unspecified atom stereocenters. The van der Waals surface area contributed by atoms with Crippen molar-refractivity contribution >= 4 is 5.97 Å². The van der Waals surface area contributed by atoms with Crippen LogP contribution in [0.4, 0.5) is 0 Å². The van der Waals surface area contributed by atoms with Crippen molar-refractivity contribution in [2.75, 3.05) is 6.61 Å². The molecular formula is C22H34O3. The Morgan fingerprint density at radius 2 is 1.96 bits per heavy atom. The Morgan fingerprint density at radius 1 is 1.20 bits per heavy atom. The van der Waals surface area contributed by atoms with Gasteiger partial charge in [0.15, 0.2) is 0 Å². The van der Waals surface area contributed by atoms with Crippen molar-refractivity contribution in [1.82, 2.24) is 0 Å². The summed E-state index contributed by atoms with van der Waals surface area (Å²) in [5.74, 6) is 1.35. The molecule has 1 spiro atoms. The molecule has 4 aliphatic rings. The zero-order valence-corrected chi connectivity index (χ0v) is 16.1. The van der Waals surface area contributed by atoms with Gasteiger partial charge in [-0.1, -0.05) is 32.4 Å². The smallest absolute Gasteiger partial charge is 0.302 e. The van der Waals surface area contributed by atoms with Crippen molar-refractivity contribution in [3.8, 4) is 0 Å². The quantitative estimate of drug-likeness (QED) is 0.592. The third kappa shape index (κ3) is 2.30. The van der Waals surface area contributed by atoms with Crippen molar-refractivity contribution in [3.05, 3.63) is 12.2 Å². The molecule has 25 heavy (non-hydrogen) atoms. The first kappa shape index (κ1) is 17.6. The fourth-order valence-corrected chi connectivity index (χ4v) is 7.97. The van der Waals surface area contributed by atoms with Crippen LogP contribution in [0.25, 0.3) is 0 Å². The summed E-state index contributed by atoms with van der Waals surface area (Å²) in [6.45, 7) is 11.2. The Labute approximate surface area is 152 Å². The van der Waals surface area contributed by atoms with Gasteiger partial charge in [-0.25, -0.2) is 0 Å². The normalized spacial score (nSPS) is 51.6. The Balaban J connectivity index is 1.67. The number of rotatable bonds is 2. The van der Waals surface area contributed by atoms with Crippen LogP contribution in [-0.2, 0) is 9.53 Å². The molecule has 4 fully saturated rings. The minimum Gasteiger partial charge on any atom is -0.465 e. The maximum atomic E-state index is 11.4. The summed E-state index contributed by atoms with van der Waals surface area (Å²) in [5, 5.41) is 11.1. The Bertz CT molecular complexity index is 598.